The number of unbranched alkanes of at least 4 members (excludes halogenated alkanes) is 7. The fraction of sp³-hybridized carbons (Fsp3) is 0.926. The van der Waals surface area contributed by atoms with Crippen LogP contribution in [-0.4, -0.2) is 25.2 Å². The maximum Gasteiger partial charge on any atom is 0.309 e. The first-order valence-corrected chi connectivity index (χ1v) is 13.2. The van der Waals surface area contributed by atoms with E-state index in [2.05, 4.69) is 27.7 Å². The van der Waals surface area contributed by atoms with Gasteiger partial charge in [0.2, 0.25) is 0 Å². The fourth-order valence-electron chi connectivity index (χ4n) is 4.46. The van der Waals surface area contributed by atoms with Gasteiger partial charge in [0.1, 0.15) is 0 Å². The first-order chi connectivity index (χ1) is 14.9. The van der Waals surface area contributed by atoms with Crippen LogP contribution in [0, 0.1) is 23.7 Å². The van der Waals surface area contributed by atoms with Gasteiger partial charge in [-0.1, -0.05) is 91.9 Å². The molecule has 182 valence electrons. The Bertz CT molecular complexity index is 472. The summed E-state index contributed by atoms with van der Waals surface area (Å²) in [7, 11) is 0. The first kappa shape index (κ1) is 28.0. The largest absolute Gasteiger partial charge is 0.465 e. The average Bonchev–Trinajstić information content (AvgIpc) is 2.74. The van der Waals surface area contributed by atoms with Crippen LogP contribution in [0.25, 0.3) is 0 Å². The van der Waals surface area contributed by atoms with E-state index in [1.165, 1.54) is 44.9 Å². The Morgan fingerprint density at radius 3 is 1.48 bits per heavy atom. The lowest BCUT2D eigenvalue weighted by Crippen LogP contribution is -2.35. The first-order valence-electron chi connectivity index (χ1n) is 13.2. The van der Waals surface area contributed by atoms with Crippen LogP contribution >= 0.6 is 0 Å². The summed E-state index contributed by atoms with van der Waals surface area (Å²) in [6, 6.07) is 0. The minimum atomic E-state index is -0.309. The molecule has 0 bridgehead atoms. The van der Waals surface area contributed by atoms with Crippen molar-refractivity contribution in [2.75, 3.05) is 13.2 Å². The molecule has 0 saturated heterocycles. The third-order valence-corrected chi connectivity index (χ3v) is 6.46. The Labute approximate surface area is 192 Å². The van der Waals surface area contributed by atoms with Gasteiger partial charge in [0, 0.05) is 0 Å². The smallest absolute Gasteiger partial charge is 0.309 e. The van der Waals surface area contributed by atoms with Crippen LogP contribution in [0.15, 0.2) is 0 Å². The summed E-state index contributed by atoms with van der Waals surface area (Å²) in [4.78, 5) is 25.1. The molecule has 2 atom stereocenters. The van der Waals surface area contributed by atoms with Gasteiger partial charge in [-0.2, -0.15) is 0 Å². The van der Waals surface area contributed by atoms with Gasteiger partial charge in [-0.15, -0.1) is 0 Å². The quantitative estimate of drug-likeness (QED) is 0.174. The lowest BCUT2D eigenvalue weighted by molar-refractivity contribution is -0.163. The SMILES string of the molecule is CC(C)CCCCCCCCCCOC(=O)C1CCCCC1C(=O)OCCCC(C)C. The van der Waals surface area contributed by atoms with Crippen molar-refractivity contribution in [1.29, 1.82) is 0 Å². The van der Waals surface area contributed by atoms with Gasteiger partial charge in [-0.25, -0.2) is 0 Å². The maximum absolute atomic E-state index is 12.6. The molecule has 4 heteroatoms. The number of carbonyl (C=O) groups is 2. The van der Waals surface area contributed by atoms with Gasteiger partial charge in [0.15, 0.2) is 0 Å². The van der Waals surface area contributed by atoms with E-state index >= 15 is 0 Å². The minimum Gasteiger partial charge on any atom is -0.465 e. The lowest BCUT2D eigenvalue weighted by atomic mass is 9.79. The summed E-state index contributed by atoms with van der Waals surface area (Å²) in [5.74, 6) is 0.443. The summed E-state index contributed by atoms with van der Waals surface area (Å²) in [5.41, 5.74) is 0. The normalized spacial score (nSPS) is 19.0. The number of hydrogen-bond acceptors (Lipinski definition) is 4. The van der Waals surface area contributed by atoms with Gasteiger partial charge in [0.05, 0.1) is 25.0 Å². The van der Waals surface area contributed by atoms with Crippen molar-refractivity contribution in [2.45, 2.75) is 124 Å². The predicted molar refractivity (Wildman–Crippen MR) is 128 cm³/mol. The van der Waals surface area contributed by atoms with Gasteiger partial charge in [-0.05, 0) is 43.9 Å². The third kappa shape index (κ3) is 13.9. The molecule has 0 heterocycles. The Hall–Kier alpha value is -1.06. The highest BCUT2D eigenvalue weighted by Gasteiger charge is 2.37. The molecule has 0 aromatic rings. The summed E-state index contributed by atoms with van der Waals surface area (Å²) in [5, 5.41) is 0. The zero-order chi connectivity index (χ0) is 22.9. The summed E-state index contributed by atoms with van der Waals surface area (Å²) >= 11 is 0. The Kier molecular flexibility index (Phi) is 15.8. The van der Waals surface area contributed by atoms with E-state index in [4.69, 9.17) is 9.47 Å². The highest BCUT2D eigenvalue weighted by molar-refractivity contribution is 5.82. The molecular weight excluding hydrogens is 388 g/mol. The van der Waals surface area contributed by atoms with Crippen molar-refractivity contribution in [3.05, 3.63) is 0 Å². The molecule has 1 saturated carbocycles. The highest BCUT2D eigenvalue weighted by Crippen LogP contribution is 2.32. The molecule has 1 rings (SSSR count). The minimum absolute atomic E-state index is 0.186. The molecule has 0 amide bonds. The van der Waals surface area contributed by atoms with Crippen molar-refractivity contribution in [3.8, 4) is 0 Å². The van der Waals surface area contributed by atoms with Crippen LogP contribution in [0.2, 0.25) is 0 Å². The van der Waals surface area contributed by atoms with Crippen LogP contribution < -0.4 is 0 Å². The molecule has 1 fully saturated rings. The number of ether oxygens (including phenoxy) is 2. The summed E-state index contributed by atoms with van der Waals surface area (Å²) < 4.78 is 11.0. The Morgan fingerprint density at radius 2 is 1.00 bits per heavy atom. The molecule has 4 nitrogen and oxygen atoms in total. The fourth-order valence-corrected chi connectivity index (χ4v) is 4.46. The van der Waals surface area contributed by atoms with Crippen molar-refractivity contribution in [2.24, 2.45) is 23.7 Å². The van der Waals surface area contributed by atoms with E-state index in [1.807, 2.05) is 0 Å². The van der Waals surface area contributed by atoms with E-state index in [1.54, 1.807) is 0 Å². The van der Waals surface area contributed by atoms with Crippen molar-refractivity contribution in [1.82, 2.24) is 0 Å². The highest BCUT2D eigenvalue weighted by atomic mass is 16.5. The molecule has 1 aliphatic rings. The van der Waals surface area contributed by atoms with E-state index in [0.29, 0.717) is 19.1 Å². The predicted octanol–water partition coefficient (Wildman–Crippen LogP) is 7.48. The molecule has 0 aromatic heterocycles. The molecule has 31 heavy (non-hydrogen) atoms. The maximum atomic E-state index is 12.6. The summed E-state index contributed by atoms with van der Waals surface area (Å²) in [6.07, 6.45) is 16.7. The van der Waals surface area contributed by atoms with E-state index < -0.39 is 0 Å². The number of carbonyl (C=O) groups excluding carboxylic acids is 2. The van der Waals surface area contributed by atoms with E-state index in [-0.39, 0.29) is 23.8 Å². The Morgan fingerprint density at radius 1 is 0.613 bits per heavy atom. The topological polar surface area (TPSA) is 52.6 Å². The molecule has 0 aromatic carbocycles. The van der Waals surface area contributed by atoms with Gasteiger partial charge in [-0.3, -0.25) is 9.59 Å². The Balaban J connectivity index is 2.13. The van der Waals surface area contributed by atoms with Crippen molar-refractivity contribution in [3.63, 3.8) is 0 Å². The van der Waals surface area contributed by atoms with E-state index in [9.17, 15) is 9.59 Å². The molecule has 2 unspecified atom stereocenters. The lowest BCUT2D eigenvalue weighted by Gasteiger charge is -2.28. The van der Waals surface area contributed by atoms with Crippen LogP contribution in [-0.2, 0) is 19.1 Å². The second-order valence-electron chi connectivity index (χ2n) is 10.4. The zero-order valence-electron chi connectivity index (χ0n) is 21.0. The number of hydrogen-bond donors (Lipinski definition) is 0. The van der Waals surface area contributed by atoms with Gasteiger partial charge < -0.3 is 9.47 Å². The monoisotopic (exact) mass is 438 g/mol. The molecule has 1 aliphatic carbocycles. The number of esters is 2. The van der Waals surface area contributed by atoms with Crippen molar-refractivity contribution < 1.29 is 19.1 Å². The number of rotatable bonds is 17. The van der Waals surface area contributed by atoms with Crippen LogP contribution in [0.4, 0.5) is 0 Å². The van der Waals surface area contributed by atoms with Crippen LogP contribution in [0.5, 0.6) is 0 Å². The van der Waals surface area contributed by atoms with Crippen molar-refractivity contribution >= 4 is 11.9 Å². The molecule has 0 N–H and O–H groups in total. The van der Waals surface area contributed by atoms with Crippen LogP contribution in [0.3, 0.4) is 0 Å². The van der Waals surface area contributed by atoms with Crippen LogP contribution in [0.1, 0.15) is 124 Å². The molecule has 0 spiro atoms. The van der Waals surface area contributed by atoms with Gasteiger partial charge in [0.25, 0.3) is 0 Å². The second-order valence-corrected chi connectivity index (χ2v) is 10.4. The third-order valence-electron chi connectivity index (χ3n) is 6.46. The summed E-state index contributed by atoms with van der Waals surface area (Å²) in [6.45, 7) is 9.88. The molecule has 0 aliphatic heterocycles. The molecule has 0 radical (unpaired) electrons. The second kappa shape index (κ2) is 17.5. The van der Waals surface area contributed by atoms with Gasteiger partial charge >= 0.3 is 11.9 Å². The van der Waals surface area contributed by atoms with E-state index in [0.717, 1.165) is 57.3 Å². The molecular formula is C27H50O4. The standard InChI is InChI=1S/C27H50O4/c1-22(2)16-11-9-7-5-6-8-10-14-20-30-26(28)24-18-12-13-19-25(24)27(29)31-21-15-17-23(3)4/h22-25H,5-21H2,1-4H3. The average molecular weight is 439 g/mol. The zero-order valence-corrected chi connectivity index (χ0v) is 21.0.